The van der Waals surface area contributed by atoms with Gasteiger partial charge in [-0.25, -0.2) is 0 Å². The lowest BCUT2D eigenvalue weighted by atomic mass is 9.93. The number of nitrogens with zero attached hydrogens (tertiary/aromatic N) is 2. The van der Waals surface area contributed by atoms with E-state index in [1.54, 1.807) is 0 Å². The van der Waals surface area contributed by atoms with Crippen LogP contribution in [0.4, 0.5) is 0 Å². The number of nitrogens with one attached hydrogen (secondary N) is 1. The third-order valence-corrected chi connectivity index (χ3v) is 4.14. The van der Waals surface area contributed by atoms with E-state index >= 15 is 0 Å². The van der Waals surface area contributed by atoms with Crippen molar-refractivity contribution in [3.63, 3.8) is 0 Å². The average Bonchev–Trinajstić information content (AvgIpc) is 2.87. The fourth-order valence-electron chi connectivity index (χ4n) is 2.78. The quantitative estimate of drug-likeness (QED) is 0.440. The molecule has 1 aliphatic rings. The molecule has 4 nitrogen and oxygen atoms in total. The van der Waals surface area contributed by atoms with Gasteiger partial charge in [-0.15, -0.1) is 24.0 Å². The third-order valence-electron chi connectivity index (χ3n) is 4.14. The molecule has 0 amide bonds. The van der Waals surface area contributed by atoms with Gasteiger partial charge in [0.05, 0.1) is 6.61 Å². The lowest BCUT2D eigenvalue weighted by Crippen LogP contribution is -2.40. The molecule has 1 N–H and O–H groups in total. The van der Waals surface area contributed by atoms with E-state index in [2.05, 4.69) is 53.3 Å². The number of rotatable bonds is 5. The van der Waals surface area contributed by atoms with E-state index in [1.807, 2.05) is 14.0 Å². The molecule has 23 heavy (non-hydrogen) atoms. The van der Waals surface area contributed by atoms with Crippen molar-refractivity contribution in [3.05, 3.63) is 35.4 Å². The Morgan fingerprint density at radius 2 is 1.91 bits per heavy atom. The minimum atomic E-state index is 0. The molecular weight excluding hydrogens is 401 g/mol. The van der Waals surface area contributed by atoms with Crippen molar-refractivity contribution in [2.75, 3.05) is 26.7 Å². The highest BCUT2D eigenvalue weighted by molar-refractivity contribution is 14.0. The molecule has 2 rings (SSSR count). The lowest BCUT2D eigenvalue weighted by Gasteiger charge is -2.23. The molecule has 1 fully saturated rings. The minimum Gasteiger partial charge on any atom is -0.377 e. The highest BCUT2D eigenvalue weighted by atomic mass is 127. The van der Waals surface area contributed by atoms with Gasteiger partial charge in [0, 0.05) is 33.3 Å². The Morgan fingerprint density at radius 1 is 1.26 bits per heavy atom. The predicted octanol–water partition coefficient (Wildman–Crippen LogP) is 3.65. The number of hydrogen-bond donors (Lipinski definition) is 1. The van der Waals surface area contributed by atoms with Crippen LogP contribution in [0.15, 0.2) is 29.3 Å². The first-order chi connectivity index (χ1) is 10.5. The van der Waals surface area contributed by atoms with Crippen LogP contribution in [0.3, 0.4) is 0 Å². The molecular formula is C18H30IN3O. The van der Waals surface area contributed by atoms with Crippen LogP contribution < -0.4 is 5.32 Å². The Balaban J connectivity index is 0.00000264. The molecule has 1 saturated heterocycles. The molecule has 5 heteroatoms. The summed E-state index contributed by atoms with van der Waals surface area (Å²) in [4.78, 5) is 6.77. The zero-order valence-corrected chi connectivity index (χ0v) is 17.1. The topological polar surface area (TPSA) is 36.9 Å². The maximum atomic E-state index is 5.42. The lowest BCUT2D eigenvalue weighted by molar-refractivity contribution is 0.134. The summed E-state index contributed by atoms with van der Waals surface area (Å²) < 4.78 is 5.42. The number of guanidine groups is 1. The third kappa shape index (κ3) is 6.30. The number of benzene rings is 1. The summed E-state index contributed by atoms with van der Waals surface area (Å²) >= 11 is 0. The molecule has 0 atom stereocenters. The van der Waals surface area contributed by atoms with Gasteiger partial charge < -0.3 is 15.0 Å². The Morgan fingerprint density at radius 3 is 2.43 bits per heavy atom. The maximum absolute atomic E-state index is 5.42. The van der Waals surface area contributed by atoms with Crippen molar-refractivity contribution in [1.29, 1.82) is 0 Å². The summed E-state index contributed by atoms with van der Waals surface area (Å²) in [7, 11) is 1.86. The minimum absolute atomic E-state index is 0. The van der Waals surface area contributed by atoms with Crippen molar-refractivity contribution in [2.45, 2.75) is 40.3 Å². The van der Waals surface area contributed by atoms with Gasteiger partial charge in [0.1, 0.15) is 0 Å². The molecule has 130 valence electrons. The highest BCUT2D eigenvalue weighted by Gasteiger charge is 2.30. The summed E-state index contributed by atoms with van der Waals surface area (Å²) in [5, 5.41) is 3.47. The van der Waals surface area contributed by atoms with Crippen molar-refractivity contribution in [2.24, 2.45) is 10.4 Å². The van der Waals surface area contributed by atoms with Crippen LogP contribution in [0.25, 0.3) is 0 Å². The molecule has 1 aliphatic heterocycles. The Kier molecular flexibility index (Phi) is 8.33. The molecule has 0 bridgehead atoms. The van der Waals surface area contributed by atoms with E-state index in [4.69, 9.17) is 4.74 Å². The van der Waals surface area contributed by atoms with E-state index < -0.39 is 0 Å². The molecule has 0 aliphatic carbocycles. The van der Waals surface area contributed by atoms with Gasteiger partial charge in [-0.3, -0.25) is 4.99 Å². The van der Waals surface area contributed by atoms with Crippen molar-refractivity contribution < 1.29 is 4.74 Å². The van der Waals surface area contributed by atoms with Gasteiger partial charge in [-0.05, 0) is 29.9 Å². The normalized spacial score (nSPS) is 17.0. The van der Waals surface area contributed by atoms with Crippen LogP contribution in [0, 0.1) is 5.41 Å². The van der Waals surface area contributed by atoms with E-state index in [0.717, 1.165) is 32.2 Å². The Hall–Kier alpha value is -0.820. The van der Waals surface area contributed by atoms with Crippen molar-refractivity contribution in [3.8, 4) is 0 Å². The molecule has 0 unspecified atom stereocenters. The van der Waals surface area contributed by atoms with Gasteiger partial charge in [0.25, 0.3) is 0 Å². The summed E-state index contributed by atoms with van der Waals surface area (Å²) in [6, 6.07) is 8.58. The highest BCUT2D eigenvalue weighted by Crippen LogP contribution is 2.28. The van der Waals surface area contributed by atoms with E-state index in [-0.39, 0.29) is 24.0 Å². The summed E-state index contributed by atoms with van der Waals surface area (Å²) in [5.74, 6) is 1.00. The van der Waals surface area contributed by atoms with Crippen LogP contribution >= 0.6 is 24.0 Å². The second-order valence-corrected chi connectivity index (χ2v) is 6.69. The number of halogens is 1. The van der Waals surface area contributed by atoms with Gasteiger partial charge >= 0.3 is 0 Å². The first kappa shape index (κ1) is 20.2. The fourth-order valence-corrected chi connectivity index (χ4v) is 2.78. The zero-order valence-electron chi connectivity index (χ0n) is 14.8. The second-order valence-electron chi connectivity index (χ2n) is 6.69. The molecule has 1 heterocycles. The van der Waals surface area contributed by atoms with E-state index in [9.17, 15) is 0 Å². The van der Waals surface area contributed by atoms with Crippen LogP contribution in [0.5, 0.6) is 0 Å². The first-order valence-corrected chi connectivity index (χ1v) is 8.15. The largest absolute Gasteiger partial charge is 0.377 e. The SMILES string of the molecule is CCOCc1ccc(CNC(=NC)N2CCC(C)(C)C2)cc1.I. The fraction of sp³-hybridized carbons (Fsp3) is 0.611. The maximum Gasteiger partial charge on any atom is 0.193 e. The van der Waals surface area contributed by atoms with E-state index in [0.29, 0.717) is 12.0 Å². The number of likely N-dealkylation sites (tertiary alicyclic amines) is 1. The number of aliphatic imine (C=N–C) groups is 1. The molecule has 1 aromatic carbocycles. The molecule has 0 spiro atoms. The monoisotopic (exact) mass is 431 g/mol. The van der Waals surface area contributed by atoms with Gasteiger partial charge in [0.15, 0.2) is 5.96 Å². The smallest absolute Gasteiger partial charge is 0.193 e. The molecule has 0 saturated carbocycles. The Labute approximate surface area is 157 Å². The number of ether oxygens (including phenoxy) is 1. The van der Waals surface area contributed by atoms with Crippen molar-refractivity contribution >= 4 is 29.9 Å². The number of hydrogen-bond acceptors (Lipinski definition) is 2. The van der Waals surface area contributed by atoms with Crippen LogP contribution in [0.1, 0.15) is 38.3 Å². The van der Waals surface area contributed by atoms with Gasteiger partial charge in [0.2, 0.25) is 0 Å². The predicted molar refractivity (Wildman–Crippen MR) is 107 cm³/mol. The zero-order chi connectivity index (χ0) is 16.0. The first-order valence-electron chi connectivity index (χ1n) is 8.15. The Bertz CT molecular complexity index is 499. The van der Waals surface area contributed by atoms with Gasteiger partial charge in [-0.1, -0.05) is 38.1 Å². The van der Waals surface area contributed by atoms with Gasteiger partial charge in [-0.2, -0.15) is 0 Å². The summed E-state index contributed by atoms with van der Waals surface area (Å²) in [5.41, 5.74) is 2.87. The van der Waals surface area contributed by atoms with Crippen LogP contribution in [0.2, 0.25) is 0 Å². The average molecular weight is 431 g/mol. The van der Waals surface area contributed by atoms with Crippen molar-refractivity contribution in [1.82, 2.24) is 10.2 Å². The molecule has 1 aromatic rings. The second kappa shape index (κ2) is 9.47. The molecule has 0 radical (unpaired) electrons. The summed E-state index contributed by atoms with van der Waals surface area (Å²) in [6.07, 6.45) is 1.22. The van der Waals surface area contributed by atoms with Crippen LogP contribution in [-0.4, -0.2) is 37.6 Å². The summed E-state index contributed by atoms with van der Waals surface area (Å²) in [6.45, 7) is 11.1. The van der Waals surface area contributed by atoms with E-state index in [1.165, 1.54) is 17.5 Å². The standard InChI is InChI=1S/C18H29N3O.HI/c1-5-22-13-16-8-6-15(7-9-16)12-20-17(19-4)21-11-10-18(2,3)14-21;/h6-9H,5,10-14H2,1-4H3,(H,19,20);1H. The molecule has 0 aromatic heterocycles. The van der Waals surface area contributed by atoms with Crippen LogP contribution in [-0.2, 0) is 17.9 Å².